The van der Waals surface area contributed by atoms with Gasteiger partial charge in [-0.2, -0.15) is 0 Å². The maximum absolute atomic E-state index is 13.1. The molecule has 6 heteroatoms. The molecule has 4 nitrogen and oxygen atoms in total. The summed E-state index contributed by atoms with van der Waals surface area (Å²) in [5, 5.41) is 2.95. The van der Waals surface area contributed by atoms with Crippen molar-refractivity contribution in [2.24, 2.45) is 0 Å². The number of carbonyl (C=O) groups excluding carboxylic acids is 2. The van der Waals surface area contributed by atoms with E-state index in [2.05, 4.69) is 5.32 Å². The molecule has 0 aliphatic carbocycles. The SMILES string of the molecule is CC1(C)NC(=O)C(C)(C)N(Cc2ccc(F)cc2Cl)C1=O. The molecule has 0 radical (unpaired) electrons. The first-order chi connectivity index (χ1) is 9.55. The molecule has 2 rings (SSSR count). The lowest BCUT2D eigenvalue weighted by Crippen LogP contribution is -2.71. The Morgan fingerprint density at radius 1 is 1.24 bits per heavy atom. The Bertz CT molecular complexity index is 614. The van der Waals surface area contributed by atoms with Crippen LogP contribution >= 0.6 is 11.6 Å². The molecule has 114 valence electrons. The first kappa shape index (κ1) is 15.8. The lowest BCUT2D eigenvalue weighted by atomic mass is 9.89. The van der Waals surface area contributed by atoms with Crippen molar-refractivity contribution >= 4 is 23.4 Å². The van der Waals surface area contributed by atoms with Gasteiger partial charge in [0, 0.05) is 11.6 Å². The molecule has 1 fully saturated rings. The van der Waals surface area contributed by atoms with Gasteiger partial charge in [0.1, 0.15) is 16.9 Å². The maximum atomic E-state index is 13.1. The lowest BCUT2D eigenvalue weighted by molar-refractivity contribution is -0.160. The van der Waals surface area contributed by atoms with E-state index in [0.717, 1.165) is 0 Å². The van der Waals surface area contributed by atoms with Crippen molar-refractivity contribution in [3.63, 3.8) is 0 Å². The summed E-state index contributed by atoms with van der Waals surface area (Å²) in [5.74, 6) is -0.871. The van der Waals surface area contributed by atoms with E-state index >= 15 is 0 Å². The van der Waals surface area contributed by atoms with E-state index in [-0.39, 0.29) is 23.4 Å². The minimum Gasteiger partial charge on any atom is -0.340 e. The van der Waals surface area contributed by atoms with Crippen LogP contribution < -0.4 is 5.32 Å². The summed E-state index contributed by atoms with van der Waals surface area (Å²) in [5.41, 5.74) is -1.37. The second kappa shape index (κ2) is 4.98. The molecule has 1 heterocycles. The molecule has 0 atom stereocenters. The molecule has 1 aromatic rings. The van der Waals surface area contributed by atoms with Crippen molar-refractivity contribution in [1.82, 2.24) is 10.2 Å². The Morgan fingerprint density at radius 2 is 1.86 bits per heavy atom. The number of halogens is 2. The topological polar surface area (TPSA) is 49.4 Å². The summed E-state index contributed by atoms with van der Waals surface area (Å²) in [6.45, 7) is 6.81. The van der Waals surface area contributed by atoms with Gasteiger partial charge in [-0.05, 0) is 45.4 Å². The van der Waals surface area contributed by atoms with Gasteiger partial charge < -0.3 is 10.2 Å². The second-order valence-electron chi connectivity index (χ2n) is 6.27. The van der Waals surface area contributed by atoms with Crippen LogP contribution in [0.15, 0.2) is 18.2 Å². The summed E-state index contributed by atoms with van der Waals surface area (Å²) >= 11 is 6.02. The van der Waals surface area contributed by atoms with Gasteiger partial charge in [0.25, 0.3) is 0 Å². The summed E-state index contributed by atoms with van der Waals surface area (Å²) in [4.78, 5) is 26.3. The molecule has 0 spiro atoms. The van der Waals surface area contributed by atoms with Gasteiger partial charge in [0.05, 0.1) is 0 Å². The molecule has 0 bridgehead atoms. The molecule has 1 saturated heterocycles. The highest BCUT2D eigenvalue weighted by atomic mass is 35.5. The molecular weight excluding hydrogens is 295 g/mol. The van der Waals surface area contributed by atoms with E-state index < -0.39 is 16.9 Å². The standard InChI is InChI=1S/C15H18ClFN2O2/c1-14(2)13(21)19(15(3,4)12(20)18-14)8-9-5-6-10(17)7-11(9)16/h5-7H,8H2,1-4H3,(H,18,20). The van der Waals surface area contributed by atoms with E-state index in [4.69, 9.17) is 11.6 Å². The fraction of sp³-hybridized carbons (Fsp3) is 0.467. The number of nitrogens with one attached hydrogen (secondary N) is 1. The van der Waals surface area contributed by atoms with Crippen LogP contribution in [0.25, 0.3) is 0 Å². The second-order valence-corrected chi connectivity index (χ2v) is 6.67. The lowest BCUT2D eigenvalue weighted by Gasteiger charge is -2.47. The first-order valence-electron chi connectivity index (χ1n) is 6.64. The number of nitrogens with zero attached hydrogens (tertiary/aromatic N) is 1. The van der Waals surface area contributed by atoms with Crippen LogP contribution in [0.4, 0.5) is 4.39 Å². The zero-order chi connectivity index (χ0) is 16.0. The molecule has 1 aromatic carbocycles. The predicted octanol–water partition coefficient (Wildman–Crippen LogP) is 2.49. The number of amides is 2. The zero-order valence-corrected chi connectivity index (χ0v) is 13.2. The summed E-state index contributed by atoms with van der Waals surface area (Å²) < 4.78 is 13.1. The largest absolute Gasteiger partial charge is 0.340 e. The summed E-state index contributed by atoms with van der Waals surface area (Å²) in [6, 6.07) is 4.01. The summed E-state index contributed by atoms with van der Waals surface area (Å²) in [7, 11) is 0. The molecule has 0 unspecified atom stereocenters. The Labute approximate surface area is 128 Å². The Balaban J connectivity index is 2.39. The first-order valence-corrected chi connectivity index (χ1v) is 7.02. The molecule has 1 N–H and O–H groups in total. The molecular formula is C15H18ClFN2O2. The maximum Gasteiger partial charge on any atom is 0.248 e. The van der Waals surface area contributed by atoms with Crippen LogP contribution in [0.3, 0.4) is 0 Å². The van der Waals surface area contributed by atoms with E-state index in [1.165, 1.54) is 23.1 Å². The molecule has 2 amide bonds. The minimum absolute atomic E-state index is 0.155. The van der Waals surface area contributed by atoms with Crippen molar-refractivity contribution in [2.75, 3.05) is 0 Å². The minimum atomic E-state index is -0.996. The van der Waals surface area contributed by atoms with Crippen LogP contribution in [0.5, 0.6) is 0 Å². The van der Waals surface area contributed by atoms with Crippen LogP contribution in [0, 0.1) is 5.82 Å². The van der Waals surface area contributed by atoms with Crippen molar-refractivity contribution in [1.29, 1.82) is 0 Å². The van der Waals surface area contributed by atoms with E-state index in [0.29, 0.717) is 5.56 Å². The number of piperazine rings is 1. The average Bonchev–Trinajstić information content (AvgIpc) is 2.34. The average molecular weight is 313 g/mol. The Morgan fingerprint density at radius 3 is 2.43 bits per heavy atom. The third-order valence-electron chi connectivity index (χ3n) is 3.78. The zero-order valence-electron chi connectivity index (χ0n) is 12.5. The van der Waals surface area contributed by atoms with Gasteiger partial charge in [0.15, 0.2) is 0 Å². The molecule has 21 heavy (non-hydrogen) atoms. The van der Waals surface area contributed by atoms with Crippen LogP contribution in [0.2, 0.25) is 5.02 Å². The molecule has 0 aromatic heterocycles. The van der Waals surface area contributed by atoms with Crippen molar-refractivity contribution in [2.45, 2.75) is 45.3 Å². The fourth-order valence-corrected chi connectivity index (χ4v) is 2.52. The number of hydrogen-bond acceptors (Lipinski definition) is 2. The monoisotopic (exact) mass is 312 g/mol. The van der Waals surface area contributed by atoms with Gasteiger partial charge in [-0.15, -0.1) is 0 Å². The quantitative estimate of drug-likeness (QED) is 0.912. The normalized spacial score (nSPS) is 20.4. The number of benzene rings is 1. The van der Waals surface area contributed by atoms with Crippen molar-refractivity contribution < 1.29 is 14.0 Å². The number of rotatable bonds is 2. The highest BCUT2D eigenvalue weighted by Crippen LogP contribution is 2.29. The number of carbonyl (C=O) groups is 2. The highest BCUT2D eigenvalue weighted by Gasteiger charge is 2.50. The van der Waals surface area contributed by atoms with Gasteiger partial charge in [-0.25, -0.2) is 4.39 Å². The molecule has 1 aliphatic heterocycles. The molecule has 1 aliphatic rings. The van der Waals surface area contributed by atoms with E-state index in [9.17, 15) is 14.0 Å². The van der Waals surface area contributed by atoms with E-state index in [1.54, 1.807) is 27.7 Å². The van der Waals surface area contributed by atoms with Gasteiger partial charge in [-0.3, -0.25) is 9.59 Å². The Kier molecular flexibility index (Phi) is 3.74. The molecule has 0 saturated carbocycles. The van der Waals surface area contributed by atoms with Gasteiger partial charge in [-0.1, -0.05) is 17.7 Å². The summed E-state index contributed by atoms with van der Waals surface area (Å²) in [6.07, 6.45) is 0. The smallest absolute Gasteiger partial charge is 0.248 e. The van der Waals surface area contributed by atoms with Crippen molar-refractivity contribution in [3.8, 4) is 0 Å². The fourth-order valence-electron chi connectivity index (χ4n) is 2.29. The van der Waals surface area contributed by atoms with Gasteiger partial charge in [0.2, 0.25) is 11.8 Å². The van der Waals surface area contributed by atoms with E-state index in [1.807, 2.05) is 0 Å². The highest BCUT2D eigenvalue weighted by molar-refractivity contribution is 6.31. The van der Waals surface area contributed by atoms with Gasteiger partial charge >= 0.3 is 0 Å². The van der Waals surface area contributed by atoms with Crippen LogP contribution in [0.1, 0.15) is 33.3 Å². The Hall–Kier alpha value is -1.62. The predicted molar refractivity (Wildman–Crippen MR) is 78.3 cm³/mol. The number of hydrogen-bond donors (Lipinski definition) is 1. The van der Waals surface area contributed by atoms with Crippen LogP contribution in [-0.2, 0) is 16.1 Å². The van der Waals surface area contributed by atoms with Crippen LogP contribution in [-0.4, -0.2) is 27.8 Å². The van der Waals surface area contributed by atoms with Crippen molar-refractivity contribution in [3.05, 3.63) is 34.6 Å². The third kappa shape index (κ3) is 2.75. The third-order valence-corrected chi connectivity index (χ3v) is 4.13.